The number of guanidine groups is 2. The zero-order valence-electron chi connectivity index (χ0n) is 70.5. The summed E-state index contributed by atoms with van der Waals surface area (Å²) >= 11 is 8.34. The molecule has 16 atom stereocenters. The van der Waals surface area contributed by atoms with Crippen molar-refractivity contribution >= 4 is 144 Å². The molecule has 46 nitrogen and oxygen atoms in total. The van der Waals surface area contributed by atoms with Crippen molar-refractivity contribution in [3.05, 3.63) is 65.7 Å². The van der Waals surface area contributed by atoms with Gasteiger partial charge in [0.15, 0.2) is 11.9 Å². The van der Waals surface area contributed by atoms with Gasteiger partial charge >= 0.3 is 11.9 Å². The highest BCUT2D eigenvalue weighted by atomic mass is 32.1. The molecule has 0 aromatic heterocycles. The number of nitrogens with two attached hydrogens (primary N) is 4. The van der Waals surface area contributed by atoms with Gasteiger partial charge in [-0.1, -0.05) is 90.4 Å². The predicted octanol–water partition coefficient (Wildman–Crippen LogP) is -8.51. The van der Waals surface area contributed by atoms with Gasteiger partial charge in [-0.15, -0.1) is 0 Å². The lowest BCUT2D eigenvalue weighted by molar-refractivity contribution is -0.142. The molecule has 1 aliphatic rings. The number of carbonyl (C=O) groups is 18. The molecule has 2 aromatic rings. The molecule has 0 aliphatic carbocycles. The van der Waals surface area contributed by atoms with E-state index in [9.17, 15) is 112 Å². The second kappa shape index (κ2) is 54.4. The Morgan fingerprint density at radius 3 is 1.32 bits per heavy atom. The zero-order valence-corrected chi connectivity index (χ0v) is 72.3. The van der Waals surface area contributed by atoms with Crippen LogP contribution in [-0.4, -0.2) is 290 Å². The number of hydrogen-bond acceptors (Lipinski definition) is 26. The van der Waals surface area contributed by atoms with Crippen LogP contribution in [0.4, 0.5) is 0 Å². The number of likely N-dealkylation sites (tertiary alicyclic amines) is 1. The summed E-state index contributed by atoms with van der Waals surface area (Å²) in [5, 5.41) is 104. The van der Waals surface area contributed by atoms with Gasteiger partial charge in [-0.3, -0.25) is 92.3 Å². The van der Waals surface area contributed by atoms with Crippen LogP contribution in [0.25, 0.3) is 0 Å². The lowest BCUT2D eigenvalue weighted by Crippen LogP contribution is -2.62. The van der Waals surface area contributed by atoms with Crippen LogP contribution < -0.4 is 108 Å². The van der Waals surface area contributed by atoms with Gasteiger partial charge in [0.1, 0.15) is 84.3 Å². The number of benzene rings is 2. The first-order valence-electron chi connectivity index (χ1n) is 40.3. The maximum absolute atomic E-state index is 14.4. The fourth-order valence-electron chi connectivity index (χ4n) is 12.6. The normalized spacial score (nSPS) is 16.3. The Bertz CT molecular complexity index is 4080. The van der Waals surface area contributed by atoms with Gasteiger partial charge in [0.05, 0.1) is 32.3 Å². The van der Waals surface area contributed by atoms with Crippen molar-refractivity contribution in [2.24, 2.45) is 40.7 Å². The van der Waals surface area contributed by atoms with Crippen molar-refractivity contribution in [1.29, 1.82) is 10.8 Å². The van der Waals surface area contributed by atoms with E-state index in [4.69, 9.17) is 33.8 Å². The summed E-state index contributed by atoms with van der Waals surface area (Å²) in [6, 6.07) is -7.96. The van der Waals surface area contributed by atoms with E-state index >= 15 is 0 Å². The number of carboxylic acid groups (broad SMARTS) is 2. The van der Waals surface area contributed by atoms with Crippen LogP contribution >= 0.6 is 25.3 Å². The first-order valence-corrected chi connectivity index (χ1v) is 41.6. The number of phenolic OH excluding ortho intramolecular Hbond substituents is 1. The molecule has 694 valence electrons. The van der Waals surface area contributed by atoms with Gasteiger partial charge in [-0.2, -0.15) is 25.3 Å². The highest BCUT2D eigenvalue weighted by Crippen LogP contribution is 2.25. The molecule has 0 bridgehead atoms. The summed E-state index contributed by atoms with van der Waals surface area (Å²) in [6.07, 6.45) is -2.17. The summed E-state index contributed by atoms with van der Waals surface area (Å²) < 4.78 is 0. The Labute approximate surface area is 732 Å². The van der Waals surface area contributed by atoms with E-state index in [1.807, 2.05) is 0 Å². The highest BCUT2D eigenvalue weighted by Gasteiger charge is 2.44. The molecule has 3 rings (SSSR count). The molecule has 16 amide bonds. The third kappa shape index (κ3) is 37.4. The third-order valence-corrected chi connectivity index (χ3v) is 20.5. The third-order valence-electron chi connectivity index (χ3n) is 19.8. The lowest BCUT2D eigenvalue weighted by Gasteiger charge is -2.34. The van der Waals surface area contributed by atoms with Gasteiger partial charge in [0.2, 0.25) is 94.5 Å². The van der Waals surface area contributed by atoms with Crippen molar-refractivity contribution in [3.8, 4) is 5.75 Å². The number of hydrogen-bond donors (Lipinski definition) is 29. The number of primary amides is 1. The molecule has 1 aliphatic heterocycles. The number of phenols is 1. The number of nitrogens with one attached hydrogen (secondary N) is 18. The summed E-state index contributed by atoms with van der Waals surface area (Å²) in [7, 11) is 0. The quantitative estimate of drug-likeness (QED) is 0.0127. The molecule has 0 radical (unpaired) electrons. The molecule has 7 unspecified atom stereocenters. The Kier molecular flexibility index (Phi) is 46.6. The first kappa shape index (κ1) is 107. The molecule has 0 saturated carbocycles. The summed E-state index contributed by atoms with van der Waals surface area (Å²) in [4.78, 5) is 245. The van der Waals surface area contributed by atoms with E-state index in [-0.39, 0.29) is 69.7 Å². The van der Waals surface area contributed by atoms with Crippen LogP contribution in [0.15, 0.2) is 54.6 Å². The van der Waals surface area contributed by atoms with Crippen LogP contribution in [0.1, 0.15) is 124 Å². The van der Waals surface area contributed by atoms with Crippen molar-refractivity contribution in [1.82, 2.24) is 90.0 Å². The lowest BCUT2D eigenvalue weighted by atomic mass is 9.95. The van der Waals surface area contributed by atoms with Gasteiger partial charge in [0.25, 0.3) is 0 Å². The second-order valence-electron chi connectivity index (χ2n) is 30.4. The largest absolute Gasteiger partial charge is 0.508 e. The molecule has 1 fully saturated rings. The van der Waals surface area contributed by atoms with E-state index in [1.54, 1.807) is 65.0 Å². The molecular weight excluding hydrogens is 1680 g/mol. The van der Waals surface area contributed by atoms with Crippen LogP contribution in [-0.2, 0) is 99.1 Å². The van der Waals surface area contributed by atoms with Crippen molar-refractivity contribution in [2.45, 2.75) is 216 Å². The number of rotatable bonds is 56. The number of nitrogens with zero attached hydrogens (tertiary/aromatic N) is 1. The summed E-state index contributed by atoms with van der Waals surface area (Å²) in [5.41, 5.74) is 23.5. The maximum atomic E-state index is 14.4. The molecule has 125 heavy (non-hydrogen) atoms. The van der Waals surface area contributed by atoms with Crippen LogP contribution in [0.3, 0.4) is 0 Å². The van der Waals surface area contributed by atoms with E-state index in [0.717, 1.165) is 0 Å². The van der Waals surface area contributed by atoms with Gasteiger partial charge in [0, 0.05) is 56.3 Å². The van der Waals surface area contributed by atoms with Crippen LogP contribution in [0.2, 0.25) is 0 Å². The molecule has 0 spiro atoms. The number of carbonyl (C=O) groups excluding carboxylic acids is 16. The number of aliphatic carboxylic acids is 2. The summed E-state index contributed by atoms with van der Waals surface area (Å²) in [6.45, 7) is 7.10. The van der Waals surface area contributed by atoms with Crippen molar-refractivity contribution < 1.29 is 112 Å². The van der Waals surface area contributed by atoms with Gasteiger partial charge < -0.3 is 138 Å². The fraction of sp³-hybridized carbons (Fsp3) is 0.584. The smallest absolute Gasteiger partial charge is 0.326 e. The van der Waals surface area contributed by atoms with E-state index < -0.39 is 284 Å². The molecule has 48 heteroatoms. The standard InChI is InChI=1S/C77H121N23O23S2/c1-8-39(6)61(99-70(117)54(17-13-27-85-77(82)83)100-40(7)28-44(78)74(100)121)73(120)98-60(38(4)5)72(119)92-47(22-24-55(79)104)65(112)96-53(36-125)69(116)90-45(16-12-26-84-76(80)81)64(111)94-51(34-102)68(115)97-59(37(2)3)71(118)91-46(23-25-58(107)108)62(109)86-32-57(106)89-50(33-101)67(114)95-52(35-124)63(110)87-31-56(105)88-48(29-41-14-10-9-11-15-41)66(113)93-49(75(122)123)30-42-18-20-43(103)21-19-42/h9-11,14-15,18-21,37-40,44-54,59-61,101-103,124-125H,8,12-13,16-17,22-36,78H2,1-7H3,(H2,79,104)(H,86,109)(H,87,110)(H,88,105)(H,89,106)(H,90,116)(H,91,118)(H,92,119)(H,93,113)(H,94,111)(H,95,114)(H,96,112)(H,97,115)(H,98,120)(H,99,117)(H,107,108)(H,122,123)(H4,80,81,84)(H4,82,83,85)/t39-,40?,44?,45?,46?,47?,48-,49?,50?,51-,52-,53-,54-,59-,60-,61-/m0/s1. The number of aliphatic hydroxyl groups excluding tert-OH is 2. The SMILES string of the molecule is CC[C@H](C)[C@H](NC(=O)[C@H](CCCNC(=N)N)N1C(=O)C(N)CC1C)C(=O)N[C@H](C(=O)NC(CCC(N)=O)C(=O)N[C@@H](CS)C(=O)NC(CCCNC(=N)N)C(=O)N[C@@H](CO)C(=O)N[C@H](C(=O)NC(CCC(=O)O)C(=O)NCC(=O)NC(CO)C(=O)N[C@@H](CS)C(=O)NCC(=O)N[C@@H](Cc1ccccc1)C(=O)NC(Cc1ccc(O)cc1)C(=O)O)C(C)C)C(C)C. The Morgan fingerprint density at radius 1 is 0.464 bits per heavy atom. The summed E-state index contributed by atoms with van der Waals surface area (Å²) in [5.74, 6) is -22.9. The van der Waals surface area contributed by atoms with Crippen molar-refractivity contribution in [2.75, 3.05) is 50.9 Å². The van der Waals surface area contributed by atoms with Crippen LogP contribution in [0, 0.1) is 28.6 Å². The zero-order chi connectivity index (χ0) is 94.1. The molecule has 2 aromatic carbocycles. The molecular formula is C77H121N23O23S2. The number of amides is 16. The highest BCUT2D eigenvalue weighted by molar-refractivity contribution is 7.80. The predicted molar refractivity (Wildman–Crippen MR) is 456 cm³/mol. The Hall–Kier alpha value is -12.2. The number of thiol groups is 2. The molecule has 1 heterocycles. The van der Waals surface area contributed by atoms with Gasteiger partial charge in [-0.05, 0) is 92.9 Å². The average Bonchev–Trinajstić information content (AvgIpc) is 1.66. The second-order valence-corrected chi connectivity index (χ2v) is 31.2. The first-order chi connectivity index (χ1) is 58.9. The van der Waals surface area contributed by atoms with Crippen LogP contribution in [0.5, 0.6) is 5.75 Å². The number of carboxylic acids is 2. The van der Waals surface area contributed by atoms with E-state index in [2.05, 4.69) is 110 Å². The van der Waals surface area contributed by atoms with Gasteiger partial charge in [-0.25, -0.2) is 4.79 Å². The van der Waals surface area contributed by atoms with E-state index in [1.165, 1.54) is 43.0 Å². The minimum atomic E-state index is -1.93. The fourth-order valence-corrected chi connectivity index (χ4v) is 13.1. The maximum Gasteiger partial charge on any atom is 0.326 e. The monoisotopic (exact) mass is 1800 g/mol. The Morgan fingerprint density at radius 2 is 0.848 bits per heavy atom. The molecule has 31 N–H and O–H groups in total. The minimum absolute atomic E-state index is 0.0394. The van der Waals surface area contributed by atoms with E-state index in [0.29, 0.717) is 17.5 Å². The van der Waals surface area contributed by atoms with Crippen molar-refractivity contribution in [3.63, 3.8) is 0 Å². The average molecular weight is 1800 g/mol. The topological polar surface area (TPSA) is 756 Å². The number of aromatic hydroxyl groups is 1. The Balaban J connectivity index is 1.75. The number of aliphatic hydroxyl groups is 2. The minimum Gasteiger partial charge on any atom is -0.508 e. The molecule has 1 saturated heterocycles.